The molecule has 2 nitrogen and oxygen atoms in total. The molecule has 1 N–H and O–H groups in total. The molecule has 1 aromatic heterocycles. The molecule has 0 radical (unpaired) electrons. The van der Waals surface area contributed by atoms with Gasteiger partial charge in [0, 0.05) is 17.1 Å². The number of halogens is 1. The fourth-order valence-corrected chi connectivity index (χ4v) is 3.09. The van der Waals surface area contributed by atoms with Crippen molar-refractivity contribution in [1.82, 2.24) is 10.3 Å². The molecule has 0 aliphatic carbocycles. The number of pyridine rings is 1. The highest BCUT2D eigenvalue weighted by atomic mass is 32.2. The lowest BCUT2D eigenvalue weighted by Crippen LogP contribution is -2.11. The van der Waals surface area contributed by atoms with E-state index in [9.17, 15) is 4.39 Å². The largest absolute Gasteiger partial charge is 0.313 e. The van der Waals surface area contributed by atoms with Crippen LogP contribution in [0.25, 0.3) is 0 Å². The van der Waals surface area contributed by atoms with Gasteiger partial charge in [-0.2, -0.15) is 0 Å². The van der Waals surface area contributed by atoms with Crippen molar-refractivity contribution in [2.24, 2.45) is 0 Å². The predicted molar refractivity (Wildman–Crippen MR) is 81.6 cm³/mol. The van der Waals surface area contributed by atoms with Gasteiger partial charge in [-0.25, -0.2) is 9.37 Å². The average molecular weight is 290 g/mol. The van der Waals surface area contributed by atoms with Crippen LogP contribution in [0.3, 0.4) is 0 Å². The van der Waals surface area contributed by atoms with Crippen LogP contribution in [0.1, 0.15) is 23.7 Å². The summed E-state index contributed by atoms with van der Waals surface area (Å²) in [5.74, 6) is -0.202. The predicted octanol–water partition coefficient (Wildman–Crippen LogP) is 4.10. The van der Waals surface area contributed by atoms with Crippen molar-refractivity contribution in [2.75, 3.05) is 6.54 Å². The van der Waals surface area contributed by atoms with Crippen LogP contribution in [0, 0.1) is 19.7 Å². The monoisotopic (exact) mass is 290 g/mol. The van der Waals surface area contributed by atoms with Gasteiger partial charge < -0.3 is 5.32 Å². The normalized spacial score (nSPS) is 10.8. The lowest BCUT2D eigenvalue weighted by Gasteiger charge is -2.07. The number of hydrogen-bond acceptors (Lipinski definition) is 3. The molecule has 2 rings (SSSR count). The van der Waals surface area contributed by atoms with E-state index in [1.165, 1.54) is 17.3 Å². The molecule has 0 bridgehead atoms. The molecule has 0 aliphatic heterocycles. The Kier molecular flexibility index (Phi) is 5.15. The number of hydrogen-bond donors (Lipinski definition) is 1. The molecule has 0 spiro atoms. The number of rotatable bonds is 5. The summed E-state index contributed by atoms with van der Waals surface area (Å²) >= 11 is 1.50. The molecular formula is C16H19FN2S. The van der Waals surface area contributed by atoms with Crippen molar-refractivity contribution in [1.29, 1.82) is 0 Å². The van der Waals surface area contributed by atoms with Crippen molar-refractivity contribution >= 4 is 11.8 Å². The highest BCUT2D eigenvalue weighted by Gasteiger charge is 2.05. The highest BCUT2D eigenvalue weighted by molar-refractivity contribution is 7.99. The van der Waals surface area contributed by atoms with E-state index in [2.05, 4.69) is 10.3 Å². The number of aromatic nitrogens is 1. The lowest BCUT2D eigenvalue weighted by molar-refractivity contribution is 0.617. The Bertz CT molecular complexity index is 579. The molecule has 0 atom stereocenters. The molecule has 1 heterocycles. The molecule has 0 aliphatic rings. The van der Waals surface area contributed by atoms with Gasteiger partial charge in [-0.05, 0) is 61.9 Å². The van der Waals surface area contributed by atoms with E-state index in [0.29, 0.717) is 6.54 Å². The topological polar surface area (TPSA) is 24.9 Å². The van der Waals surface area contributed by atoms with E-state index < -0.39 is 0 Å². The maximum atomic E-state index is 13.7. The van der Waals surface area contributed by atoms with Gasteiger partial charge >= 0.3 is 0 Å². The van der Waals surface area contributed by atoms with Gasteiger partial charge in [-0.3, -0.25) is 0 Å². The SMILES string of the molecule is CCNCc1cc(F)cc(Sc2cc(C)cc(C)n2)c1. The minimum atomic E-state index is -0.202. The minimum Gasteiger partial charge on any atom is -0.313 e. The Morgan fingerprint density at radius 1 is 1.15 bits per heavy atom. The average Bonchev–Trinajstić information content (AvgIpc) is 2.34. The zero-order valence-corrected chi connectivity index (χ0v) is 12.9. The Morgan fingerprint density at radius 3 is 2.65 bits per heavy atom. The Hall–Kier alpha value is -1.39. The first kappa shape index (κ1) is 15.0. The first-order valence-corrected chi connectivity index (χ1v) is 7.52. The number of nitrogens with one attached hydrogen (secondary N) is 1. The van der Waals surface area contributed by atoms with Crippen LogP contribution >= 0.6 is 11.8 Å². The second kappa shape index (κ2) is 6.86. The van der Waals surface area contributed by atoms with E-state index in [4.69, 9.17) is 0 Å². The van der Waals surface area contributed by atoms with Gasteiger partial charge in [0.1, 0.15) is 10.8 Å². The molecular weight excluding hydrogens is 271 g/mol. The molecule has 0 fully saturated rings. The van der Waals surface area contributed by atoms with Crippen molar-refractivity contribution in [3.8, 4) is 0 Å². The molecule has 0 saturated heterocycles. The molecule has 4 heteroatoms. The van der Waals surface area contributed by atoms with Crippen LogP contribution in [-0.4, -0.2) is 11.5 Å². The zero-order chi connectivity index (χ0) is 14.5. The van der Waals surface area contributed by atoms with E-state index >= 15 is 0 Å². The maximum absolute atomic E-state index is 13.7. The van der Waals surface area contributed by atoms with Gasteiger partial charge in [0.25, 0.3) is 0 Å². The summed E-state index contributed by atoms with van der Waals surface area (Å²) in [6, 6.07) is 9.19. The number of benzene rings is 1. The van der Waals surface area contributed by atoms with E-state index in [1.54, 1.807) is 12.1 Å². The van der Waals surface area contributed by atoms with Gasteiger partial charge in [-0.1, -0.05) is 18.7 Å². The highest BCUT2D eigenvalue weighted by Crippen LogP contribution is 2.28. The summed E-state index contributed by atoms with van der Waals surface area (Å²) in [5, 5.41) is 4.11. The second-order valence-corrected chi connectivity index (χ2v) is 5.90. The summed E-state index contributed by atoms with van der Waals surface area (Å²) in [4.78, 5) is 5.36. The van der Waals surface area contributed by atoms with Crippen LogP contribution in [0.15, 0.2) is 40.3 Å². The minimum absolute atomic E-state index is 0.202. The Morgan fingerprint density at radius 2 is 1.95 bits per heavy atom. The fourth-order valence-electron chi connectivity index (χ4n) is 2.03. The Balaban J connectivity index is 2.21. The van der Waals surface area contributed by atoms with Gasteiger partial charge in [0.15, 0.2) is 0 Å². The van der Waals surface area contributed by atoms with E-state index in [-0.39, 0.29) is 5.82 Å². The molecule has 0 saturated carbocycles. The molecule has 2 aromatic rings. The zero-order valence-electron chi connectivity index (χ0n) is 12.0. The number of nitrogens with zero attached hydrogens (tertiary/aromatic N) is 1. The van der Waals surface area contributed by atoms with Gasteiger partial charge in [-0.15, -0.1) is 0 Å². The smallest absolute Gasteiger partial charge is 0.124 e. The van der Waals surface area contributed by atoms with Crippen LogP contribution in [0.4, 0.5) is 4.39 Å². The standard InChI is InChI=1S/C16H19FN2S/c1-4-18-10-13-7-14(17)9-15(8-13)20-16-6-11(2)5-12(3)19-16/h5-9,18H,4,10H2,1-3H3. The molecule has 20 heavy (non-hydrogen) atoms. The fraction of sp³-hybridized carbons (Fsp3) is 0.312. The van der Waals surface area contributed by atoms with Gasteiger partial charge in [0.2, 0.25) is 0 Å². The third-order valence-corrected chi connectivity index (χ3v) is 3.70. The third-order valence-electron chi connectivity index (χ3n) is 2.81. The van der Waals surface area contributed by atoms with Crippen LogP contribution < -0.4 is 5.32 Å². The summed E-state index contributed by atoms with van der Waals surface area (Å²) in [6.45, 7) is 7.61. The first-order valence-electron chi connectivity index (χ1n) is 6.70. The molecule has 0 amide bonds. The molecule has 106 valence electrons. The third kappa shape index (κ3) is 4.32. The Labute approximate surface area is 123 Å². The summed E-state index contributed by atoms with van der Waals surface area (Å²) in [6.07, 6.45) is 0. The molecule has 0 unspecified atom stereocenters. The van der Waals surface area contributed by atoms with Crippen LogP contribution in [-0.2, 0) is 6.54 Å². The first-order chi connectivity index (χ1) is 9.56. The summed E-state index contributed by atoms with van der Waals surface area (Å²) < 4.78 is 13.7. The van der Waals surface area contributed by atoms with Crippen molar-refractivity contribution in [3.63, 3.8) is 0 Å². The quantitative estimate of drug-likeness (QED) is 0.897. The lowest BCUT2D eigenvalue weighted by atomic mass is 10.2. The van der Waals surface area contributed by atoms with Crippen molar-refractivity contribution in [2.45, 2.75) is 37.2 Å². The van der Waals surface area contributed by atoms with E-state index in [0.717, 1.165) is 27.7 Å². The maximum Gasteiger partial charge on any atom is 0.124 e. The summed E-state index contributed by atoms with van der Waals surface area (Å²) in [7, 11) is 0. The number of aryl methyl sites for hydroxylation is 2. The second-order valence-electron chi connectivity index (χ2n) is 4.80. The van der Waals surface area contributed by atoms with Crippen LogP contribution in [0.2, 0.25) is 0 Å². The molecule has 1 aromatic carbocycles. The van der Waals surface area contributed by atoms with Crippen molar-refractivity contribution < 1.29 is 4.39 Å². The summed E-state index contributed by atoms with van der Waals surface area (Å²) in [5.41, 5.74) is 3.11. The van der Waals surface area contributed by atoms with E-state index in [1.807, 2.05) is 39.0 Å². The van der Waals surface area contributed by atoms with Crippen LogP contribution in [0.5, 0.6) is 0 Å². The van der Waals surface area contributed by atoms with Gasteiger partial charge in [0.05, 0.1) is 0 Å². The van der Waals surface area contributed by atoms with Crippen molar-refractivity contribution in [3.05, 3.63) is 53.0 Å².